The standard InChI is InChI=1S/C24H27FN4O3S/c1-16-20(21-13-17(25)10-11-22(21)26-16)15-24(30)27-18-7-6-8-19(14-18)33(31,32)28-23-9-4-3-5-12-29(23)2/h6-8,10-11,13-14,26H,3-5,9,12,15H2,1-2H3,(H,27,30). The van der Waals surface area contributed by atoms with Gasteiger partial charge in [0.1, 0.15) is 11.7 Å². The topological polar surface area (TPSA) is 94.6 Å². The van der Waals surface area contributed by atoms with Crippen LogP contribution in [0.2, 0.25) is 0 Å². The van der Waals surface area contributed by atoms with Crippen molar-refractivity contribution < 1.29 is 17.6 Å². The van der Waals surface area contributed by atoms with Crippen molar-refractivity contribution in [2.75, 3.05) is 18.9 Å². The number of rotatable bonds is 5. The highest BCUT2D eigenvalue weighted by Gasteiger charge is 2.19. The Kier molecular flexibility index (Phi) is 6.51. The zero-order valence-corrected chi connectivity index (χ0v) is 19.5. The average Bonchev–Trinajstić information content (AvgIpc) is 2.92. The number of aromatic nitrogens is 1. The van der Waals surface area contributed by atoms with Crippen LogP contribution < -0.4 is 5.32 Å². The first-order chi connectivity index (χ1) is 15.7. The molecule has 0 atom stereocenters. The van der Waals surface area contributed by atoms with Crippen LogP contribution in [0.4, 0.5) is 10.1 Å². The highest BCUT2D eigenvalue weighted by Crippen LogP contribution is 2.25. The molecule has 2 heterocycles. The van der Waals surface area contributed by atoms with Crippen LogP contribution in [0.15, 0.2) is 51.8 Å². The number of aromatic amines is 1. The van der Waals surface area contributed by atoms with Crippen LogP contribution in [0.1, 0.15) is 36.9 Å². The minimum Gasteiger partial charge on any atom is -0.362 e. The summed E-state index contributed by atoms with van der Waals surface area (Å²) >= 11 is 0. The molecular formula is C24H27FN4O3S. The molecule has 1 fully saturated rings. The van der Waals surface area contributed by atoms with Crippen LogP contribution in [0, 0.1) is 12.7 Å². The monoisotopic (exact) mass is 470 g/mol. The fourth-order valence-corrected chi connectivity index (χ4v) is 5.26. The summed E-state index contributed by atoms with van der Waals surface area (Å²) in [5, 5.41) is 3.41. The first-order valence-corrected chi connectivity index (χ1v) is 12.4. The van der Waals surface area contributed by atoms with Gasteiger partial charge in [-0.25, -0.2) is 4.39 Å². The van der Waals surface area contributed by atoms with Crippen molar-refractivity contribution in [3.05, 3.63) is 59.5 Å². The first-order valence-electron chi connectivity index (χ1n) is 10.9. The minimum absolute atomic E-state index is 0.0239. The molecule has 0 bridgehead atoms. The fraction of sp³-hybridized carbons (Fsp3) is 0.333. The Hall–Kier alpha value is -3.20. The largest absolute Gasteiger partial charge is 0.362 e. The Morgan fingerprint density at radius 2 is 2.00 bits per heavy atom. The Labute approximate surface area is 192 Å². The number of carbonyl (C=O) groups excluding carboxylic acids is 1. The number of amides is 1. The zero-order chi connectivity index (χ0) is 23.6. The summed E-state index contributed by atoms with van der Waals surface area (Å²) in [6.45, 7) is 2.61. The van der Waals surface area contributed by atoms with Gasteiger partial charge in [-0.3, -0.25) is 4.79 Å². The number of sulfonamides is 1. The number of aryl methyl sites for hydroxylation is 1. The van der Waals surface area contributed by atoms with Crippen molar-refractivity contribution in [3.63, 3.8) is 0 Å². The van der Waals surface area contributed by atoms with Gasteiger partial charge in [-0.15, -0.1) is 4.40 Å². The molecule has 1 amide bonds. The molecular weight excluding hydrogens is 443 g/mol. The lowest BCUT2D eigenvalue weighted by Crippen LogP contribution is -2.26. The first kappa shape index (κ1) is 23.0. The molecule has 3 aromatic rings. The number of hydrogen-bond acceptors (Lipinski definition) is 3. The summed E-state index contributed by atoms with van der Waals surface area (Å²) in [5.74, 6) is -0.140. The van der Waals surface area contributed by atoms with Crippen LogP contribution in [-0.2, 0) is 21.2 Å². The van der Waals surface area contributed by atoms with E-state index in [1.165, 1.54) is 24.3 Å². The number of halogens is 1. The SMILES string of the molecule is Cc1[nH]c2ccc(F)cc2c1CC(=O)Nc1cccc(S(=O)(=O)N=C2CCCCCN2C)c1. The van der Waals surface area contributed by atoms with E-state index in [0.29, 0.717) is 28.9 Å². The van der Waals surface area contributed by atoms with Crippen LogP contribution in [0.25, 0.3) is 10.9 Å². The van der Waals surface area contributed by atoms with Crippen LogP contribution >= 0.6 is 0 Å². The number of carbonyl (C=O) groups is 1. The van der Waals surface area contributed by atoms with Gasteiger partial charge in [0.2, 0.25) is 5.91 Å². The maximum absolute atomic E-state index is 13.7. The highest BCUT2D eigenvalue weighted by atomic mass is 32.2. The van der Waals surface area contributed by atoms with Crippen molar-refractivity contribution >= 4 is 38.4 Å². The van der Waals surface area contributed by atoms with Crippen molar-refractivity contribution in [3.8, 4) is 0 Å². The van der Waals surface area contributed by atoms with Gasteiger partial charge in [-0.2, -0.15) is 8.42 Å². The Morgan fingerprint density at radius 1 is 1.18 bits per heavy atom. The lowest BCUT2D eigenvalue weighted by molar-refractivity contribution is -0.115. The van der Waals surface area contributed by atoms with E-state index in [0.717, 1.165) is 37.0 Å². The summed E-state index contributed by atoms with van der Waals surface area (Å²) in [5.41, 5.74) is 2.60. The summed E-state index contributed by atoms with van der Waals surface area (Å²) in [6, 6.07) is 10.5. The predicted molar refractivity (Wildman–Crippen MR) is 127 cm³/mol. The number of likely N-dealkylation sites (tertiary alicyclic amines) is 1. The number of H-pyrrole nitrogens is 1. The van der Waals surface area contributed by atoms with E-state index in [1.54, 1.807) is 18.2 Å². The smallest absolute Gasteiger partial charge is 0.284 e. The van der Waals surface area contributed by atoms with Gasteiger partial charge in [0.25, 0.3) is 10.0 Å². The molecule has 0 saturated carbocycles. The lowest BCUT2D eigenvalue weighted by atomic mass is 10.1. The highest BCUT2D eigenvalue weighted by molar-refractivity contribution is 7.90. The number of amidine groups is 1. The minimum atomic E-state index is -3.91. The number of nitrogens with zero attached hydrogens (tertiary/aromatic N) is 2. The molecule has 0 unspecified atom stereocenters. The quantitative estimate of drug-likeness (QED) is 0.578. The van der Waals surface area contributed by atoms with Gasteiger partial charge in [-0.1, -0.05) is 12.5 Å². The van der Waals surface area contributed by atoms with Gasteiger partial charge in [0.05, 0.1) is 11.3 Å². The average molecular weight is 471 g/mol. The van der Waals surface area contributed by atoms with E-state index >= 15 is 0 Å². The Bertz CT molecular complexity index is 1330. The molecule has 7 nitrogen and oxygen atoms in total. The van der Waals surface area contributed by atoms with E-state index in [9.17, 15) is 17.6 Å². The van der Waals surface area contributed by atoms with E-state index in [4.69, 9.17) is 0 Å². The maximum Gasteiger partial charge on any atom is 0.284 e. The maximum atomic E-state index is 13.7. The molecule has 0 spiro atoms. The van der Waals surface area contributed by atoms with Crippen LogP contribution in [0.5, 0.6) is 0 Å². The fourth-order valence-electron chi connectivity index (χ4n) is 4.12. The van der Waals surface area contributed by atoms with E-state index in [1.807, 2.05) is 18.9 Å². The second-order valence-electron chi connectivity index (χ2n) is 8.39. The Morgan fingerprint density at radius 3 is 2.82 bits per heavy atom. The van der Waals surface area contributed by atoms with Crippen LogP contribution in [-0.4, -0.2) is 43.6 Å². The number of hydrogen-bond donors (Lipinski definition) is 2. The third kappa shape index (κ3) is 5.24. The van der Waals surface area contributed by atoms with Crippen molar-refractivity contribution in [2.24, 2.45) is 4.40 Å². The molecule has 1 aliphatic heterocycles. The molecule has 9 heteroatoms. The molecule has 2 aromatic carbocycles. The molecule has 2 N–H and O–H groups in total. The third-order valence-corrected chi connectivity index (χ3v) is 7.20. The third-order valence-electron chi connectivity index (χ3n) is 5.89. The molecule has 33 heavy (non-hydrogen) atoms. The number of anilines is 1. The van der Waals surface area contributed by atoms with Gasteiger partial charge >= 0.3 is 0 Å². The van der Waals surface area contributed by atoms with Gasteiger partial charge in [-0.05, 0) is 61.7 Å². The van der Waals surface area contributed by atoms with Crippen LogP contribution in [0.3, 0.4) is 0 Å². The summed E-state index contributed by atoms with van der Waals surface area (Å²) in [7, 11) is -2.05. The van der Waals surface area contributed by atoms with Gasteiger partial charge in [0.15, 0.2) is 0 Å². The Balaban J connectivity index is 1.53. The summed E-state index contributed by atoms with van der Waals surface area (Å²) in [4.78, 5) is 17.8. The second-order valence-corrected chi connectivity index (χ2v) is 9.99. The van der Waals surface area contributed by atoms with E-state index in [-0.39, 0.29) is 23.0 Å². The second kappa shape index (κ2) is 9.35. The van der Waals surface area contributed by atoms with Crippen molar-refractivity contribution in [1.29, 1.82) is 0 Å². The van der Waals surface area contributed by atoms with Crippen molar-refractivity contribution in [2.45, 2.75) is 43.9 Å². The van der Waals surface area contributed by atoms with E-state index < -0.39 is 10.0 Å². The number of nitrogens with one attached hydrogen (secondary N) is 2. The zero-order valence-electron chi connectivity index (χ0n) is 18.7. The molecule has 0 radical (unpaired) electrons. The molecule has 174 valence electrons. The number of fused-ring (bicyclic) bond motifs is 1. The summed E-state index contributed by atoms with van der Waals surface area (Å²) < 4.78 is 43.6. The molecule has 0 aliphatic carbocycles. The summed E-state index contributed by atoms with van der Waals surface area (Å²) in [6.07, 6.45) is 3.62. The van der Waals surface area contributed by atoms with Gasteiger partial charge < -0.3 is 15.2 Å². The molecule has 4 rings (SSSR count). The van der Waals surface area contributed by atoms with Gasteiger partial charge in [0, 0.05) is 42.3 Å². The molecule has 1 aliphatic rings. The number of benzene rings is 2. The molecule has 1 saturated heterocycles. The predicted octanol–water partition coefficient (Wildman–Crippen LogP) is 4.39. The van der Waals surface area contributed by atoms with Crippen molar-refractivity contribution in [1.82, 2.24) is 9.88 Å². The normalized spacial score (nSPS) is 16.2. The lowest BCUT2D eigenvalue weighted by Gasteiger charge is -2.17. The van der Waals surface area contributed by atoms with E-state index in [2.05, 4.69) is 14.7 Å². The molecule has 1 aromatic heterocycles.